The molecule has 0 saturated heterocycles. The summed E-state index contributed by atoms with van der Waals surface area (Å²) >= 11 is 1.84. The molecule has 0 fully saturated rings. The lowest BCUT2D eigenvalue weighted by Gasteiger charge is -2.30. The van der Waals surface area contributed by atoms with Crippen LogP contribution in [0, 0.1) is 13.8 Å². The fraction of sp³-hybridized carbons (Fsp3) is 0.462. The molecule has 4 heteroatoms. The van der Waals surface area contributed by atoms with Crippen LogP contribution in [-0.2, 0) is 4.79 Å². The third-order valence-corrected chi connectivity index (χ3v) is 4.09. The van der Waals surface area contributed by atoms with Gasteiger partial charge >= 0.3 is 0 Å². The first-order chi connectivity index (χ1) is 8.13. The first-order valence-corrected chi connectivity index (χ1v) is 6.81. The monoisotopic (exact) mass is 250 g/mol. The average Bonchev–Trinajstić information content (AvgIpc) is 2.30. The van der Waals surface area contributed by atoms with Crippen LogP contribution in [0.3, 0.4) is 0 Å². The largest absolute Gasteiger partial charge is 0.311 e. The SMILES string of the molecule is CNCC(=O)N1CCSc2cc(C)c(C)cc21. The molecule has 0 saturated carbocycles. The standard InChI is InChI=1S/C13H18N2OS/c1-9-6-11-12(7-10(9)2)17-5-4-15(11)13(16)8-14-3/h6-7,14H,4-5,8H2,1-3H3. The fourth-order valence-corrected chi connectivity index (χ4v) is 3.04. The molecule has 2 rings (SSSR count). The molecule has 0 atom stereocenters. The van der Waals surface area contributed by atoms with Gasteiger partial charge in [0.1, 0.15) is 0 Å². The summed E-state index contributed by atoms with van der Waals surface area (Å²) in [6, 6.07) is 4.32. The summed E-state index contributed by atoms with van der Waals surface area (Å²) in [6.07, 6.45) is 0. The van der Waals surface area contributed by atoms with Crippen LogP contribution in [0.25, 0.3) is 0 Å². The molecule has 3 nitrogen and oxygen atoms in total. The predicted molar refractivity (Wildman–Crippen MR) is 72.9 cm³/mol. The molecule has 0 bridgehead atoms. The number of amides is 1. The van der Waals surface area contributed by atoms with Crippen molar-refractivity contribution in [2.45, 2.75) is 18.7 Å². The molecule has 1 aliphatic rings. The van der Waals surface area contributed by atoms with E-state index in [-0.39, 0.29) is 5.91 Å². The van der Waals surface area contributed by atoms with Gasteiger partial charge in [-0.3, -0.25) is 4.79 Å². The maximum atomic E-state index is 12.0. The molecule has 1 N–H and O–H groups in total. The second-order valence-corrected chi connectivity index (χ2v) is 5.47. The van der Waals surface area contributed by atoms with Gasteiger partial charge in [0.25, 0.3) is 0 Å². The van der Waals surface area contributed by atoms with Crippen molar-refractivity contribution in [2.24, 2.45) is 0 Å². The van der Waals surface area contributed by atoms with E-state index in [9.17, 15) is 4.79 Å². The quantitative estimate of drug-likeness (QED) is 0.871. The van der Waals surface area contributed by atoms with Crippen molar-refractivity contribution < 1.29 is 4.79 Å². The van der Waals surface area contributed by atoms with Gasteiger partial charge in [0, 0.05) is 17.2 Å². The topological polar surface area (TPSA) is 32.3 Å². The molecule has 92 valence electrons. The Morgan fingerprint density at radius 1 is 1.41 bits per heavy atom. The third-order valence-electron chi connectivity index (χ3n) is 3.07. The van der Waals surface area contributed by atoms with Gasteiger partial charge in [-0.25, -0.2) is 0 Å². The summed E-state index contributed by atoms with van der Waals surface area (Å²) < 4.78 is 0. The van der Waals surface area contributed by atoms with Crippen molar-refractivity contribution in [2.75, 3.05) is 30.8 Å². The van der Waals surface area contributed by atoms with E-state index >= 15 is 0 Å². The van der Waals surface area contributed by atoms with Crippen LogP contribution >= 0.6 is 11.8 Å². The number of nitrogens with zero attached hydrogens (tertiary/aromatic N) is 1. The van der Waals surface area contributed by atoms with Crippen molar-refractivity contribution in [3.8, 4) is 0 Å². The minimum Gasteiger partial charge on any atom is -0.311 e. The second kappa shape index (κ2) is 5.10. The summed E-state index contributed by atoms with van der Waals surface area (Å²) in [5, 5.41) is 2.92. The molecule has 0 unspecified atom stereocenters. The van der Waals surface area contributed by atoms with E-state index in [1.54, 1.807) is 7.05 Å². The van der Waals surface area contributed by atoms with Crippen LogP contribution in [0.4, 0.5) is 5.69 Å². The van der Waals surface area contributed by atoms with Crippen molar-refractivity contribution in [1.82, 2.24) is 5.32 Å². The first kappa shape index (κ1) is 12.5. The Labute approximate surface area is 107 Å². The van der Waals surface area contributed by atoms with Crippen molar-refractivity contribution >= 4 is 23.4 Å². The van der Waals surface area contributed by atoms with Crippen LogP contribution in [0.15, 0.2) is 17.0 Å². The normalized spacial score (nSPS) is 14.6. The fourth-order valence-electron chi connectivity index (χ4n) is 1.97. The first-order valence-electron chi connectivity index (χ1n) is 5.82. The number of hydrogen-bond donors (Lipinski definition) is 1. The zero-order valence-electron chi connectivity index (χ0n) is 10.5. The molecule has 0 spiro atoms. The molecule has 1 aromatic carbocycles. The van der Waals surface area contributed by atoms with Gasteiger partial charge in [-0.2, -0.15) is 0 Å². The van der Waals surface area contributed by atoms with Crippen LogP contribution < -0.4 is 10.2 Å². The summed E-state index contributed by atoms with van der Waals surface area (Å²) in [7, 11) is 1.80. The predicted octanol–water partition coefficient (Wildman–Crippen LogP) is 1.96. The molecule has 0 radical (unpaired) electrons. The summed E-state index contributed by atoms with van der Waals surface area (Å²) in [6.45, 7) is 5.41. The Morgan fingerprint density at radius 2 is 2.12 bits per heavy atom. The van der Waals surface area contributed by atoms with Gasteiger partial charge in [0.05, 0.1) is 12.2 Å². The molecular weight excluding hydrogens is 232 g/mol. The Bertz CT molecular complexity index is 445. The number of fused-ring (bicyclic) bond motifs is 1. The molecular formula is C13H18N2OS. The highest BCUT2D eigenvalue weighted by molar-refractivity contribution is 7.99. The lowest BCUT2D eigenvalue weighted by molar-refractivity contribution is -0.117. The lowest BCUT2D eigenvalue weighted by atomic mass is 10.1. The number of thioether (sulfide) groups is 1. The maximum absolute atomic E-state index is 12.0. The summed E-state index contributed by atoms with van der Waals surface area (Å²) in [5.41, 5.74) is 3.61. The second-order valence-electron chi connectivity index (χ2n) is 4.33. The van der Waals surface area contributed by atoms with E-state index in [1.807, 2.05) is 16.7 Å². The summed E-state index contributed by atoms with van der Waals surface area (Å²) in [4.78, 5) is 15.1. The van der Waals surface area contributed by atoms with Gasteiger partial charge in [0.15, 0.2) is 0 Å². The Balaban J connectivity index is 2.37. The highest BCUT2D eigenvalue weighted by atomic mass is 32.2. The molecule has 1 aromatic rings. The van der Waals surface area contributed by atoms with Gasteiger partial charge in [-0.15, -0.1) is 11.8 Å². The van der Waals surface area contributed by atoms with Gasteiger partial charge in [-0.05, 0) is 44.2 Å². The number of anilines is 1. The number of hydrogen-bond acceptors (Lipinski definition) is 3. The number of likely N-dealkylation sites (N-methyl/N-ethyl adjacent to an activating group) is 1. The zero-order valence-corrected chi connectivity index (χ0v) is 11.4. The van der Waals surface area contributed by atoms with E-state index in [2.05, 4.69) is 31.3 Å². The molecule has 0 aromatic heterocycles. The maximum Gasteiger partial charge on any atom is 0.240 e. The van der Waals surface area contributed by atoms with Crippen LogP contribution in [-0.4, -0.2) is 31.8 Å². The van der Waals surface area contributed by atoms with E-state index in [0.29, 0.717) is 6.54 Å². The average molecular weight is 250 g/mol. The van der Waals surface area contributed by atoms with Gasteiger partial charge in [0.2, 0.25) is 5.91 Å². The van der Waals surface area contributed by atoms with E-state index < -0.39 is 0 Å². The Kier molecular flexibility index (Phi) is 3.74. The molecule has 1 aliphatic heterocycles. The van der Waals surface area contributed by atoms with Crippen LogP contribution in [0.1, 0.15) is 11.1 Å². The highest BCUT2D eigenvalue weighted by Crippen LogP contribution is 2.36. The van der Waals surface area contributed by atoms with E-state index in [0.717, 1.165) is 18.0 Å². The molecule has 17 heavy (non-hydrogen) atoms. The number of nitrogens with one attached hydrogen (secondary N) is 1. The van der Waals surface area contributed by atoms with Crippen LogP contribution in [0.5, 0.6) is 0 Å². The number of rotatable bonds is 2. The molecule has 1 heterocycles. The molecule has 1 amide bonds. The number of carbonyl (C=O) groups is 1. The minimum absolute atomic E-state index is 0.150. The van der Waals surface area contributed by atoms with Crippen molar-refractivity contribution in [1.29, 1.82) is 0 Å². The number of aryl methyl sites for hydroxylation is 2. The zero-order chi connectivity index (χ0) is 12.4. The highest BCUT2D eigenvalue weighted by Gasteiger charge is 2.22. The summed E-state index contributed by atoms with van der Waals surface area (Å²) in [5.74, 6) is 1.13. The van der Waals surface area contributed by atoms with E-state index in [1.165, 1.54) is 16.0 Å². The van der Waals surface area contributed by atoms with Gasteiger partial charge in [-0.1, -0.05) is 0 Å². The third kappa shape index (κ3) is 2.48. The number of carbonyl (C=O) groups excluding carboxylic acids is 1. The lowest BCUT2D eigenvalue weighted by Crippen LogP contribution is -2.40. The Morgan fingerprint density at radius 3 is 2.82 bits per heavy atom. The number of benzene rings is 1. The Hall–Kier alpha value is -1.00. The van der Waals surface area contributed by atoms with Gasteiger partial charge < -0.3 is 10.2 Å². The molecule has 0 aliphatic carbocycles. The van der Waals surface area contributed by atoms with Crippen molar-refractivity contribution in [3.63, 3.8) is 0 Å². The van der Waals surface area contributed by atoms with Crippen molar-refractivity contribution in [3.05, 3.63) is 23.3 Å². The van der Waals surface area contributed by atoms with E-state index in [4.69, 9.17) is 0 Å². The smallest absolute Gasteiger partial charge is 0.240 e. The minimum atomic E-state index is 0.150. The van der Waals surface area contributed by atoms with Crippen LogP contribution in [0.2, 0.25) is 0 Å².